The first-order valence-corrected chi connectivity index (χ1v) is 6.95. The molecule has 2 amide bonds. The molecule has 5 nitrogen and oxygen atoms in total. The molecule has 1 aromatic rings. The van der Waals surface area contributed by atoms with Crippen molar-refractivity contribution in [2.45, 2.75) is 20.3 Å². The summed E-state index contributed by atoms with van der Waals surface area (Å²) in [5, 5.41) is 9.26. The first-order chi connectivity index (χ1) is 9.58. The second kappa shape index (κ2) is 5.94. The van der Waals surface area contributed by atoms with E-state index in [1.54, 1.807) is 9.80 Å². The summed E-state index contributed by atoms with van der Waals surface area (Å²) in [6, 6.07) is 7.42. The van der Waals surface area contributed by atoms with Gasteiger partial charge in [-0.3, -0.25) is 9.69 Å². The number of nitrogens with zero attached hydrogens (tertiary/aromatic N) is 2. The Morgan fingerprint density at radius 1 is 1.30 bits per heavy atom. The van der Waals surface area contributed by atoms with Crippen molar-refractivity contribution in [3.63, 3.8) is 0 Å². The number of benzene rings is 1. The molecule has 0 aliphatic carbocycles. The molecule has 0 fully saturated rings. The Morgan fingerprint density at radius 2 is 1.95 bits per heavy atom. The second-order valence-corrected chi connectivity index (χ2v) is 4.93. The van der Waals surface area contributed by atoms with E-state index < -0.39 is 11.9 Å². The van der Waals surface area contributed by atoms with Gasteiger partial charge in [-0.2, -0.15) is 0 Å². The van der Waals surface area contributed by atoms with Crippen LogP contribution in [0, 0.1) is 5.92 Å². The number of aliphatic carboxylic acids is 1. The summed E-state index contributed by atoms with van der Waals surface area (Å²) < 4.78 is 0. The maximum atomic E-state index is 12.6. The summed E-state index contributed by atoms with van der Waals surface area (Å²) in [6.45, 7) is 5.32. The lowest BCUT2D eigenvalue weighted by molar-refractivity contribution is -0.141. The average Bonchev–Trinajstić information content (AvgIpc) is 2.47. The number of para-hydroxylation sites is 1. The molecule has 1 aromatic carbocycles. The maximum Gasteiger partial charge on any atom is 0.324 e. The molecule has 1 N–H and O–H groups in total. The fraction of sp³-hybridized carbons (Fsp3) is 0.467. The number of carbonyl (C=O) groups excluding carboxylic acids is 1. The van der Waals surface area contributed by atoms with Crippen LogP contribution in [-0.2, 0) is 11.2 Å². The lowest BCUT2D eigenvalue weighted by atomic mass is 9.93. The van der Waals surface area contributed by atoms with Gasteiger partial charge in [0.2, 0.25) is 0 Å². The van der Waals surface area contributed by atoms with Crippen molar-refractivity contribution in [1.82, 2.24) is 4.90 Å². The van der Waals surface area contributed by atoms with Crippen molar-refractivity contribution in [2.75, 3.05) is 24.5 Å². The van der Waals surface area contributed by atoms with Gasteiger partial charge >= 0.3 is 12.0 Å². The molecule has 0 saturated carbocycles. The van der Waals surface area contributed by atoms with Crippen LogP contribution >= 0.6 is 0 Å². The number of hydrogen-bond donors (Lipinski definition) is 1. The van der Waals surface area contributed by atoms with E-state index in [1.807, 2.05) is 38.1 Å². The summed E-state index contributed by atoms with van der Waals surface area (Å²) in [5.41, 5.74) is 1.76. The fourth-order valence-electron chi connectivity index (χ4n) is 2.61. The zero-order valence-electron chi connectivity index (χ0n) is 11.9. The lowest BCUT2D eigenvalue weighted by Crippen LogP contribution is -2.49. The Kier molecular flexibility index (Phi) is 4.27. The smallest absolute Gasteiger partial charge is 0.324 e. The zero-order chi connectivity index (χ0) is 14.7. The van der Waals surface area contributed by atoms with E-state index in [0.717, 1.165) is 11.3 Å². The second-order valence-electron chi connectivity index (χ2n) is 4.93. The molecule has 1 heterocycles. The molecule has 1 aliphatic rings. The highest BCUT2D eigenvalue weighted by Crippen LogP contribution is 2.30. The molecule has 1 atom stereocenters. The Morgan fingerprint density at radius 3 is 2.55 bits per heavy atom. The van der Waals surface area contributed by atoms with E-state index in [1.165, 1.54) is 0 Å². The number of carboxylic acid groups (broad SMARTS) is 1. The quantitative estimate of drug-likeness (QED) is 0.920. The highest BCUT2D eigenvalue weighted by atomic mass is 16.4. The normalized spacial score (nSPS) is 17.5. The standard InChI is InChI=1S/C15H20N2O3/c1-3-16(4-2)15(20)17-10-12(14(18)19)9-11-7-5-6-8-13(11)17/h5-8,12H,3-4,9-10H2,1-2H3,(H,18,19). The van der Waals surface area contributed by atoms with E-state index in [4.69, 9.17) is 0 Å². The maximum absolute atomic E-state index is 12.6. The fourth-order valence-corrected chi connectivity index (χ4v) is 2.61. The molecule has 0 radical (unpaired) electrons. The number of fused-ring (bicyclic) bond motifs is 1. The Bertz CT molecular complexity index is 512. The number of carboxylic acids is 1. The predicted molar refractivity (Wildman–Crippen MR) is 76.9 cm³/mol. The van der Waals surface area contributed by atoms with Gasteiger partial charge in [0.25, 0.3) is 0 Å². The minimum Gasteiger partial charge on any atom is -0.481 e. The van der Waals surface area contributed by atoms with Crippen LogP contribution in [0.15, 0.2) is 24.3 Å². The van der Waals surface area contributed by atoms with Crippen molar-refractivity contribution in [2.24, 2.45) is 5.92 Å². The van der Waals surface area contributed by atoms with Gasteiger partial charge in [-0.1, -0.05) is 18.2 Å². The van der Waals surface area contributed by atoms with E-state index in [2.05, 4.69) is 0 Å². The van der Waals surface area contributed by atoms with Gasteiger partial charge in [0.05, 0.1) is 5.92 Å². The molecule has 0 spiro atoms. The molecule has 108 valence electrons. The minimum absolute atomic E-state index is 0.117. The van der Waals surface area contributed by atoms with Gasteiger partial charge in [0.15, 0.2) is 0 Å². The topological polar surface area (TPSA) is 60.9 Å². The molecule has 5 heteroatoms. The van der Waals surface area contributed by atoms with Crippen LogP contribution in [0.5, 0.6) is 0 Å². The Hall–Kier alpha value is -2.04. The van der Waals surface area contributed by atoms with Crippen LogP contribution in [0.25, 0.3) is 0 Å². The van der Waals surface area contributed by atoms with Gasteiger partial charge in [-0.05, 0) is 31.9 Å². The van der Waals surface area contributed by atoms with Gasteiger partial charge in [0.1, 0.15) is 0 Å². The summed E-state index contributed by atoms with van der Waals surface area (Å²) in [6.07, 6.45) is 0.480. The monoisotopic (exact) mass is 276 g/mol. The van der Waals surface area contributed by atoms with Crippen LogP contribution in [-0.4, -0.2) is 41.6 Å². The van der Waals surface area contributed by atoms with Crippen molar-refractivity contribution in [1.29, 1.82) is 0 Å². The summed E-state index contributed by atoms with van der Waals surface area (Å²) >= 11 is 0. The van der Waals surface area contributed by atoms with Crippen LogP contribution in [0.4, 0.5) is 10.5 Å². The number of anilines is 1. The van der Waals surface area contributed by atoms with Gasteiger partial charge in [-0.25, -0.2) is 4.79 Å². The van der Waals surface area contributed by atoms with Crippen molar-refractivity contribution >= 4 is 17.7 Å². The SMILES string of the molecule is CCN(CC)C(=O)N1CC(C(=O)O)Cc2ccccc21. The van der Waals surface area contributed by atoms with Crippen LogP contribution < -0.4 is 4.90 Å². The van der Waals surface area contributed by atoms with Crippen molar-refractivity contribution in [3.8, 4) is 0 Å². The molecular weight excluding hydrogens is 256 g/mol. The number of carbonyl (C=O) groups is 2. The van der Waals surface area contributed by atoms with Crippen LogP contribution in [0.1, 0.15) is 19.4 Å². The number of hydrogen-bond acceptors (Lipinski definition) is 2. The van der Waals surface area contributed by atoms with E-state index in [9.17, 15) is 14.7 Å². The number of amides is 2. The third kappa shape index (κ3) is 2.61. The first-order valence-electron chi connectivity index (χ1n) is 6.95. The lowest BCUT2D eigenvalue weighted by Gasteiger charge is -2.36. The largest absolute Gasteiger partial charge is 0.481 e. The molecule has 0 saturated heterocycles. The van der Waals surface area contributed by atoms with E-state index >= 15 is 0 Å². The minimum atomic E-state index is -0.850. The van der Waals surface area contributed by atoms with Gasteiger partial charge in [-0.15, -0.1) is 0 Å². The molecule has 1 unspecified atom stereocenters. The van der Waals surface area contributed by atoms with Crippen molar-refractivity contribution < 1.29 is 14.7 Å². The third-order valence-electron chi connectivity index (χ3n) is 3.77. The van der Waals surface area contributed by atoms with Crippen LogP contribution in [0.2, 0.25) is 0 Å². The average molecular weight is 276 g/mol. The van der Waals surface area contributed by atoms with Gasteiger partial charge in [0, 0.05) is 25.3 Å². The molecule has 2 rings (SSSR count). The summed E-state index contributed by atoms with van der Waals surface area (Å²) in [5.74, 6) is -1.39. The highest BCUT2D eigenvalue weighted by molar-refractivity contribution is 5.94. The van der Waals surface area contributed by atoms with E-state index in [0.29, 0.717) is 19.5 Å². The molecule has 20 heavy (non-hydrogen) atoms. The molecule has 0 bridgehead atoms. The summed E-state index contributed by atoms with van der Waals surface area (Å²) in [4.78, 5) is 27.2. The summed E-state index contributed by atoms with van der Waals surface area (Å²) in [7, 11) is 0. The molecule has 1 aliphatic heterocycles. The Labute approximate surface area is 118 Å². The number of rotatable bonds is 3. The van der Waals surface area contributed by atoms with Gasteiger partial charge < -0.3 is 10.0 Å². The third-order valence-corrected chi connectivity index (χ3v) is 3.77. The van der Waals surface area contributed by atoms with Crippen LogP contribution in [0.3, 0.4) is 0 Å². The molecular formula is C15H20N2O3. The first kappa shape index (κ1) is 14.4. The van der Waals surface area contributed by atoms with Crippen molar-refractivity contribution in [3.05, 3.63) is 29.8 Å². The zero-order valence-corrected chi connectivity index (χ0v) is 11.9. The highest BCUT2D eigenvalue weighted by Gasteiger charge is 2.33. The van der Waals surface area contributed by atoms with E-state index in [-0.39, 0.29) is 12.6 Å². The number of urea groups is 1. The predicted octanol–water partition coefficient (Wildman–Crippen LogP) is 2.21. The Balaban J connectivity index is 2.36. The molecule has 0 aromatic heterocycles.